The van der Waals surface area contributed by atoms with Gasteiger partial charge in [-0.05, 0) is 30.5 Å². The van der Waals surface area contributed by atoms with E-state index in [-0.39, 0.29) is 5.41 Å². The Kier molecular flexibility index (Phi) is 5.49. The van der Waals surface area contributed by atoms with E-state index in [4.69, 9.17) is 4.74 Å². The first-order chi connectivity index (χ1) is 8.04. The van der Waals surface area contributed by atoms with E-state index in [2.05, 4.69) is 33.0 Å². The second kappa shape index (κ2) is 6.65. The summed E-state index contributed by atoms with van der Waals surface area (Å²) in [5, 5.41) is 3.53. The molecule has 1 atom stereocenters. The van der Waals surface area contributed by atoms with E-state index in [1.54, 1.807) is 0 Å². The molecule has 0 bridgehead atoms. The van der Waals surface area contributed by atoms with Gasteiger partial charge < -0.3 is 10.1 Å². The third kappa shape index (κ3) is 5.22. The summed E-state index contributed by atoms with van der Waals surface area (Å²) in [4.78, 5) is 0. The fourth-order valence-electron chi connectivity index (χ4n) is 1.90. The number of para-hydroxylation sites is 1. The minimum Gasteiger partial charge on any atom is -0.494 e. The van der Waals surface area contributed by atoms with Gasteiger partial charge in [0, 0.05) is 6.04 Å². The largest absolute Gasteiger partial charge is 0.494 e. The molecule has 1 aromatic rings. The Bertz CT molecular complexity index is 302. The van der Waals surface area contributed by atoms with Crippen molar-refractivity contribution in [3.8, 4) is 5.75 Å². The highest BCUT2D eigenvalue weighted by molar-refractivity contribution is 5.20. The van der Waals surface area contributed by atoms with Crippen molar-refractivity contribution in [1.82, 2.24) is 5.32 Å². The van der Waals surface area contributed by atoms with E-state index in [9.17, 15) is 0 Å². The van der Waals surface area contributed by atoms with Gasteiger partial charge >= 0.3 is 0 Å². The molecule has 17 heavy (non-hydrogen) atoms. The first kappa shape index (κ1) is 14.0. The number of hydrogen-bond donors (Lipinski definition) is 1. The highest BCUT2D eigenvalue weighted by Crippen LogP contribution is 2.22. The van der Waals surface area contributed by atoms with Crippen LogP contribution < -0.4 is 10.1 Å². The van der Waals surface area contributed by atoms with E-state index in [1.807, 2.05) is 30.3 Å². The molecule has 2 nitrogen and oxygen atoms in total. The summed E-state index contributed by atoms with van der Waals surface area (Å²) in [6, 6.07) is 10.5. The molecule has 0 aromatic heterocycles. The molecule has 0 heterocycles. The Labute approximate surface area is 105 Å². The molecule has 0 aliphatic carbocycles. The second-order valence-corrected chi connectivity index (χ2v) is 5.43. The predicted molar refractivity (Wildman–Crippen MR) is 73.5 cm³/mol. The van der Waals surface area contributed by atoms with Gasteiger partial charge in [0.15, 0.2) is 0 Å². The fourth-order valence-corrected chi connectivity index (χ4v) is 1.90. The van der Waals surface area contributed by atoms with Crippen LogP contribution >= 0.6 is 0 Å². The normalized spacial score (nSPS) is 13.4. The van der Waals surface area contributed by atoms with E-state index in [1.165, 1.54) is 0 Å². The minimum absolute atomic E-state index is 0.274. The van der Waals surface area contributed by atoms with Gasteiger partial charge in [0.2, 0.25) is 0 Å². The van der Waals surface area contributed by atoms with Gasteiger partial charge in [0.05, 0.1) is 6.61 Å². The van der Waals surface area contributed by atoms with Crippen molar-refractivity contribution >= 4 is 0 Å². The molecular formula is C15H25NO. The predicted octanol–water partition coefficient (Wildman–Crippen LogP) is 3.48. The van der Waals surface area contributed by atoms with E-state index >= 15 is 0 Å². The number of nitrogens with one attached hydrogen (secondary N) is 1. The SMILES string of the molecule is CCNC(CCOc1ccccc1)C(C)(C)C. The molecule has 0 radical (unpaired) electrons. The van der Waals surface area contributed by atoms with Crippen LogP contribution in [0.3, 0.4) is 0 Å². The third-order valence-corrected chi connectivity index (χ3v) is 2.91. The van der Waals surface area contributed by atoms with Crippen LogP contribution in [-0.4, -0.2) is 19.2 Å². The van der Waals surface area contributed by atoms with Gasteiger partial charge in [-0.25, -0.2) is 0 Å². The highest BCUT2D eigenvalue weighted by atomic mass is 16.5. The number of hydrogen-bond acceptors (Lipinski definition) is 2. The average molecular weight is 235 g/mol. The maximum Gasteiger partial charge on any atom is 0.119 e. The molecule has 0 aliphatic rings. The molecule has 0 fully saturated rings. The first-order valence-corrected chi connectivity index (χ1v) is 6.45. The molecule has 0 saturated carbocycles. The Morgan fingerprint density at radius 3 is 2.35 bits per heavy atom. The summed E-state index contributed by atoms with van der Waals surface area (Å²) < 4.78 is 5.74. The molecule has 2 heteroatoms. The minimum atomic E-state index is 0.274. The Hall–Kier alpha value is -1.02. The van der Waals surface area contributed by atoms with Crippen LogP contribution in [-0.2, 0) is 0 Å². The summed E-state index contributed by atoms with van der Waals surface area (Å²) >= 11 is 0. The number of ether oxygens (including phenoxy) is 1. The zero-order chi connectivity index (χ0) is 12.7. The van der Waals surface area contributed by atoms with Crippen LogP contribution in [0.5, 0.6) is 5.75 Å². The van der Waals surface area contributed by atoms with E-state index < -0.39 is 0 Å². The van der Waals surface area contributed by atoms with Crippen molar-refractivity contribution in [1.29, 1.82) is 0 Å². The number of benzene rings is 1. The molecule has 1 unspecified atom stereocenters. The van der Waals surface area contributed by atoms with Crippen molar-refractivity contribution < 1.29 is 4.74 Å². The van der Waals surface area contributed by atoms with Crippen LogP contribution in [0, 0.1) is 5.41 Å². The lowest BCUT2D eigenvalue weighted by Crippen LogP contribution is -2.41. The van der Waals surface area contributed by atoms with Crippen LogP contribution in [0.1, 0.15) is 34.1 Å². The summed E-state index contributed by atoms with van der Waals surface area (Å²) in [5.74, 6) is 0.955. The molecular weight excluding hydrogens is 210 g/mol. The van der Waals surface area contributed by atoms with E-state index in [0.29, 0.717) is 6.04 Å². The van der Waals surface area contributed by atoms with Gasteiger partial charge in [-0.3, -0.25) is 0 Å². The Balaban J connectivity index is 2.37. The number of rotatable bonds is 6. The van der Waals surface area contributed by atoms with Crippen LogP contribution in [0.25, 0.3) is 0 Å². The summed E-state index contributed by atoms with van der Waals surface area (Å²) in [6.07, 6.45) is 1.03. The summed E-state index contributed by atoms with van der Waals surface area (Å²) in [6.45, 7) is 10.7. The van der Waals surface area contributed by atoms with Gasteiger partial charge in [0.1, 0.15) is 5.75 Å². The maximum absolute atomic E-state index is 5.74. The molecule has 1 aromatic carbocycles. The average Bonchev–Trinajstić information content (AvgIpc) is 2.28. The quantitative estimate of drug-likeness (QED) is 0.815. The molecule has 1 rings (SSSR count). The lowest BCUT2D eigenvalue weighted by molar-refractivity contribution is 0.210. The molecule has 1 N–H and O–H groups in total. The van der Waals surface area contributed by atoms with Gasteiger partial charge in [-0.15, -0.1) is 0 Å². The molecule has 0 aliphatic heterocycles. The molecule has 0 spiro atoms. The van der Waals surface area contributed by atoms with Crippen molar-refractivity contribution in [2.45, 2.75) is 40.2 Å². The third-order valence-electron chi connectivity index (χ3n) is 2.91. The summed E-state index contributed by atoms with van der Waals surface area (Å²) in [7, 11) is 0. The molecule has 0 amide bonds. The van der Waals surface area contributed by atoms with Crippen molar-refractivity contribution in [2.24, 2.45) is 5.41 Å². The fraction of sp³-hybridized carbons (Fsp3) is 0.600. The Morgan fingerprint density at radius 1 is 1.18 bits per heavy atom. The monoisotopic (exact) mass is 235 g/mol. The molecule has 96 valence electrons. The van der Waals surface area contributed by atoms with Crippen LogP contribution in [0.2, 0.25) is 0 Å². The van der Waals surface area contributed by atoms with Crippen LogP contribution in [0.15, 0.2) is 30.3 Å². The zero-order valence-electron chi connectivity index (χ0n) is 11.5. The van der Waals surface area contributed by atoms with Gasteiger partial charge in [-0.2, -0.15) is 0 Å². The van der Waals surface area contributed by atoms with Crippen molar-refractivity contribution in [2.75, 3.05) is 13.2 Å². The maximum atomic E-state index is 5.74. The highest BCUT2D eigenvalue weighted by Gasteiger charge is 2.23. The van der Waals surface area contributed by atoms with Gasteiger partial charge in [-0.1, -0.05) is 45.9 Å². The first-order valence-electron chi connectivity index (χ1n) is 6.45. The zero-order valence-corrected chi connectivity index (χ0v) is 11.5. The Morgan fingerprint density at radius 2 is 1.82 bits per heavy atom. The second-order valence-electron chi connectivity index (χ2n) is 5.43. The summed E-state index contributed by atoms with van der Waals surface area (Å²) in [5.41, 5.74) is 0.274. The van der Waals surface area contributed by atoms with Crippen molar-refractivity contribution in [3.63, 3.8) is 0 Å². The topological polar surface area (TPSA) is 21.3 Å². The van der Waals surface area contributed by atoms with E-state index in [0.717, 1.165) is 25.3 Å². The van der Waals surface area contributed by atoms with Gasteiger partial charge in [0.25, 0.3) is 0 Å². The smallest absolute Gasteiger partial charge is 0.119 e. The molecule has 0 saturated heterocycles. The standard InChI is InChI=1S/C15H25NO/c1-5-16-14(15(2,3)4)11-12-17-13-9-7-6-8-10-13/h6-10,14,16H,5,11-12H2,1-4H3. The lowest BCUT2D eigenvalue weighted by atomic mass is 9.85. The lowest BCUT2D eigenvalue weighted by Gasteiger charge is -2.31. The van der Waals surface area contributed by atoms with Crippen molar-refractivity contribution in [3.05, 3.63) is 30.3 Å². The van der Waals surface area contributed by atoms with Crippen LogP contribution in [0.4, 0.5) is 0 Å².